The van der Waals surface area contributed by atoms with Crippen molar-refractivity contribution in [3.8, 4) is 11.5 Å². The second-order valence-electron chi connectivity index (χ2n) is 2.71. The van der Waals surface area contributed by atoms with Gasteiger partial charge in [-0.25, -0.2) is 4.39 Å². The van der Waals surface area contributed by atoms with Gasteiger partial charge in [0.25, 0.3) is 0 Å². The van der Waals surface area contributed by atoms with Crippen molar-refractivity contribution in [2.75, 3.05) is 0 Å². The van der Waals surface area contributed by atoms with E-state index in [0.29, 0.717) is 6.07 Å². The molecule has 1 aromatic carbocycles. The van der Waals surface area contributed by atoms with E-state index in [1.807, 2.05) is 13.8 Å². The zero-order valence-electron chi connectivity index (χ0n) is 9.24. The number of aromatic hydroxyl groups is 2. The van der Waals surface area contributed by atoms with Gasteiger partial charge in [-0.15, -0.1) is 0 Å². The topological polar surface area (TPSA) is 74.6 Å². The first-order chi connectivity index (χ1) is 7.43. The molecule has 0 unspecified atom stereocenters. The quantitative estimate of drug-likeness (QED) is 0.461. The van der Waals surface area contributed by atoms with E-state index in [4.69, 9.17) is 10.2 Å². The van der Waals surface area contributed by atoms with Crippen LogP contribution in [-0.4, -0.2) is 21.8 Å². The molecule has 88 valence electrons. The molecule has 5 heteroatoms. The summed E-state index contributed by atoms with van der Waals surface area (Å²) in [5.74, 6) is -4.54. The van der Waals surface area contributed by atoms with Gasteiger partial charge in [-0.05, 0) is 12.1 Å². The summed E-state index contributed by atoms with van der Waals surface area (Å²) in [6, 6.07) is 1.53. The van der Waals surface area contributed by atoms with E-state index in [-0.39, 0.29) is 5.56 Å². The molecule has 0 aliphatic carbocycles. The highest BCUT2D eigenvalue weighted by molar-refractivity contribution is 6.42. The molecule has 0 saturated heterocycles. The highest BCUT2D eigenvalue weighted by Crippen LogP contribution is 2.29. The van der Waals surface area contributed by atoms with Crippen molar-refractivity contribution in [1.29, 1.82) is 0 Å². The Morgan fingerprint density at radius 2 is 1.69 bits per heavy atom. The first-order valence-electron chi connectivity index (χ1n) is 4.70. The lowest BCUT2D eigenvalue weighted by Gasteiger charge is -2.01. The number of carbonyl (C=O) groups excluding carboxylic acids is 2. The smallest absolute Gasteiger partial charge is 0.228 e. The zero-order valence-corrected chi connectivity index (χ0v) is 9.24. The van der Waals surface area contributed by atoms with Crippen molar-refractivity contribution in [1.82, 2.24) is 0 Å². The SMILES string of the molecule is CC.CC(=O)C(=O)c1cc(O)c(O)c(F)c1. The molecule has 0 amide bonds. The standard InChI is InChI=1S/C9H7FO4.C2H6/c1-4(11)8(13)5-2-6(10)9(14)7(12)3-5;1-2/h2-3,12,14H,1H3;1-2H3. The third-order valence-electron chi connectivity index (χ3n) is 1.63. The molecule has 0 radical (unpaired) electrons. The summed E-state index contributed by atoms with van der Waals surface area (Å²) in [4.78, 5) is 21.7. The van der Waals surface area contributed by atoms with Crippen LogP contribution in [0.15, 0.2) is 12.1 Å². The second-order valence-corrected chi connectivity index (χ2v) is 2.71. The lowest BCUT2D eigenvalue weighted by Crippen LogP contribution is -2.09. The second kappa shape index (κ2) is 5.85. The molecule has 0 saturated carbocycles. The average molecular weight is 228 g/mol. The third-order valence-corrected chi connectivity index (χ3v) is 1.63. The van der Waals surface area contributed by atoms with Gasteiger partial charge in [0.05, 0.1) is 0 Å². The largest absolute Gasteiger partial charge is 0.504 e. The molecule has 0 aliphatic heterocycles. The van der Waals surface area contributed by atoms with E-state index in [0.717, 1.165) is 13.0 Å². The van der Waals surface area contributed by atoms with Crippen LogP contribution in [0, 0.1) is 5.82 Å². The molecule has 0 bridgehead atoms. The fourth-order valence-electron chi connectivity index (χ4n) is 0.919. The zero-order chi connectivity index (χ0) is 12.9. The van der Waals surface area contributed by atoms with Gasteiger partial charge in [0.15, 0.2) is 23.1 Å². The van der Waals surface area contributed by atoms with Crippen LogP contribution < -0.4 is 0 Å². The average Bonchev–Trinajstić information content (AvgIpc) is 2.26. The normalized spacial score (nSPS) is 9.00. The Balaban J connectivity index is 0.00000106. The molecule has 0 fully saturated rings. The van der Waals surface area contributed by atoms with Crippen molar-refractivity contribution in [3.05, 3.63) is 23.5 Å². The van der Waals surface area contributed by atoms with Gasteiger partial charge < -0.3 is 10.2 Å². The highest BCUT2D eigenvalue weighted by Gasteiger charge is 2.16. The molecular formula is C11H13FO4. The first-order valence-corrected chi connectivity index (χ1v) is 4.70. The van der Waals surface area contributed by atoms with Crippen LogP contribution in [0.3, 0.4) is 0 Å². The van der Waals surface area contributed by atoms with E-state index >= 15 is 0 Å². The van der Waals surface area contributed by atoms with E-state index < -0.39 is 28.9 Å². The summed E-state index contributed by atoms with van der Waals surface area (Å²) in [7, 11) is 0. The molecule has 1 aromatic rings. The fraction of sp³-hybridized carbons (Fsp3) is 0.273. The molecular weight excluding hydrogens is 215 g/mol. The molecule has 1 rings (SSSR count). The summed E-state index contributed by atoms with van der Waals surface area (Å²) < 4.78 is 12.8. The fourth-order valence-corrected chi connectivity index (χ4v) is 0.919. The lowest BCUT2D eigenvalue weighted by molar-refractivity contribution is -0.113. The van der Waals surface area contributed by atoms with E-state index in [1.165, 1.54) is 0 Å². The summed E-state index contributed by atoms with van der Waals surface area (Å²) >= 11 is 0. The first kappa shape index (κ1) is 14.1. The molecule has 0 heterocycles. The molecule has 0 spiro atoms. The lowest BCUT2D eigenvalue weighted by atomic mass is 10.1. The summed E-state index contributed by atoms with van der Waals surface area (Å²) in [6.07, 6.45) is 0. The predicted octanol–water partition coefficient (Wildman–Crippen LogP) is 2.03. The van der Waals surface area contributed by atoms with E-state index in [2.05, 4.69) is 0 Å². The maximum Gasteiger partial charge on any atom is 0.228 e. The number of Topliss-reactive ketones (excluding diaryl/α,β-unsaturated/α-hetero) is 2. The number of ketones is 2. The van der Waals surface area contributed by atoms with Crippen molar-refractivity contribution in [2.24, 2.45) is 0 Å². The Kier molecular flexibility index (Phi) is 5.15. The number of halogens is 1. The molecule has 0 aromatic heterocycles. The van der Waals surface area contributed by atoms with Gasteiger partial charge in [0, 0.05) is 12.5 Å². The van der Waals surface area contributed by atoms with Crippen LogP contribution in [0.1, 0.15) is 31.1 Å². The minimum atomic E-state index is -1.14. The number of rotatable bonds is 2. The van der Waals surface area contributed by atoms with Crippen LogP contribution >= 0.6 is 0 Å². The Bertz CT molecular complexity index is 389. The van der Waals surface area contributed by atoms with Gasteiger partial charge in [0.2, 0.25) is 5.78 Å². The number of phenols is 2. The molecule has 0 atom stereocenters. The van der Waals surface area contributed by atoms with Gasteiger partial charge in [0.1, 0.15) is 0 Å². The van der Waals surface area contributed by atoms with Crippen LogP contribution in [0.25, 0.3) is 0 Å². The minimum absolute atomic E-state index is 0.287. The summed E-state index contributed by atoms with van der Waals surface area (Å²) in [5.41, 5.74) is -0.287. The van der Waals surface area contributed by atoms with Crippen LogP contribution in [0.4, 0.5) is 4.39 Å². The summed E-state index contributed by atoms with van der Waals surface area (Å²) in [5, 5.41) is 17.8. The van der Waals surface area contributed by atoms with Gasteiger partial charge in [-0.3, -0.25) is 9.59 Å². The number of phenolic OH excluding ortho intramolecular Hbond substituents is 2. The van der Waals surface area contributed by atoms with Crippen molar-refractivity contribution < 1.29 is 24.2 Å². The van der Waals surface area contributed by atoms with Crippen molar-refractivity contribution in [2.45, 2.75) is 20.8 Å². The van der Waals surface area contributed by atoms with Gasteiger partial charge in [-0.1, -0.05) is 13.8 Å². The van der Waals surface area contributed by atoms with E-state index in [1.54, 1.807) is 0 Å². The molecule has 0 aliphatic rings. The summed E-state index contributed by atoms with van der Waals surface area (Å²) in [6.45, 7) is 5.03. The van der Waals surface area contributed by atoms with E-state index in [9.17, 15) is 14.0 Å². The Hall–Kier alpha value is -1.91. The van der Waals surface area contributed by atoms with Gasteiger partial charge >= 0.3 is 0 Å². The number of hydrogen-bond donors (Lipinski definition) is 2. The van der Waals surface area contributed by atoms with Crippen LogP contribution in [-0.2, 0) is 4.79 Å². The monoisotopic (exact) mass is 228 g/mol. The van der Waals surface area contributed by atoms with Crippen molar-refractivity contribution in [3.63, 3.8) is 0 Å². The molecule has 2 N–H and O–H groups in total. The Morgan fingerprint density at radius 3 is 2.06 bits per heavy atom. The highest BCUT2D eigenvalue weighted by atomic mass is 19.1. The van der Waals surface area contributed by atoms with Crippen molar-refractivity contribution >= 4 is 11.6 Å². The van der Waals surface area contributed by atoms with Crippen LogP contribution in [0.5, 0.6) is 11.5 Å². The van der Waals surface area contributed by atoms with Gasteiger partial charge in [-0.2, -0.15) is 0 Å². The Labute approximate surface area is 92.3 Å². The number of hydrogen-bond acceptors (Lipinski definition) is 4. The third kappa shape index (κ3) is 3.05. The Morgan fingerprint density at radius 1 is 1.19 bits per heavy atom. The van der Waals surface area contributed by atoms with Crippen LogP contribution in [0.2, 0.25) is 0 Å². The molecule has 16 heavy (non-hydrogen) atoms. The number of carbonyl (C=O) groups is 2. The maximum absolute atomic E-state index is 12.8. The maximum atomic E-state index is 12.8. The molecule has 4 nitrogen and oxygen atoms in total. The predicted molar refractivity (Wildman–Crippen MR) is 56.1 cm³/mol. The number of benzene rings is 1. The minimum Gasteiger partial charge on any atom is -0.504 e.